The van der Waals surface area contributed by atoms with Gasteiger partial charge in [0.2, 0.25) is 0 Å². The number of alkyl halides is 3. The van der Waals surface area contributed by atoms with Gasteiger partial charge in [0.05, 0.1) is 23.6 Å². The van der Waals surface area contributed by atoms with Crippen LogP contribution in [0.15, 0.2) is 23.1 Å². The second kappa shape index (κ2) is 10.4. The number of rotatable bonds is 7. The van der Waals surface area contributed by atoms with Crippen LogP contribution in [0.3, 0.4) is 0 Å². The lowest BCUT2D eigenvalue weighted by molar-refractivity contribution is -0.0327. The van der Waals surface area contributed by atoms with Crippen molar-refractivity contribution in [3.63, 3.8) is 0 Å². The number of nitrogens with zero attached hydrogens (tertiary/aromatic N) is 3. The lowest BCUT2D eigenvalue weighted by Crippen LogP contribution is -2.40. The van der Waals surface area contributed by atoms with Gasteiger partial charge in [0, 0.05) is 32.8 Å². The Hall–Kier alpha value is -1.93. The van der Waals surface area contributed by atoms with E-state index in [9.17, 15) is 13.2 Å². The van der Waals surface area contributed by atoms with Gasteiger partial charge in [-0.1, -0.05) is 12.0 Å². The van der Waals surface area contributed by atoms with E-state index in [1.54, 1.807) is 26.3 Å². The van der Waals surface area contributed by atoms with E-state index in [-0.39, 0.29) is 28.4 Å². The molecule has 164 valence electrons. The number of anilines is 1. The zero-order valence-corrected chi connectivity index (χ0v) is 17.9. The van der Waals surface area contributed by atoms with Crippen LogP contribution in [0, 0.1) is 11.8 Å². The maximum Gasteiger partial charge on any atom is 0.446 e. The van der Waals surface area contributed by atoms with Crippen LogP contribution in [0.1, 0.15) is 18.5 Å². The fourth-order valence-corrected chi connectivity index (χ4v) is 4.08. The molecule has 0 aliphatic carbocycles. The van der Waals surface area contributed by atoms with Gasteiger partial charge in [0.1, 0.15) is 11.5 Å². The molecule has 0 aromatic carbocycles. The number of ether oxygens (including phenoxy) is 1. The third-order valence-electron chi connectivity index (χ3n) is 4.85. The van der Waals surface area contributed by atoms with Crippen LogP contribution in [-0.4, -0.2) is 73.0 Å². The normalized spacial score (nSPS) is 15.9. The molecule has 3 heterocycles. The van der Waals surface area contributed by atoms with Gasteiger partial charge in [0.25, 0.3) is 0 Å². The molecule has 0 bridgehead atoms. The molecule has 0 saturated carbocycles. The molecule has 2 aromatic rings. The average molecular weight is 442 g/mol. The minimum atomic E-state index is -4.42. The summed E-state index contributed by atoms with van der Waals surface area (Å²) in [7, 11) is 3.42. The SMILES string of the molecule is CNCC#Cc1nn2c(NC3CCN(CCOC)CC3)cccc2c1SC(F)(F)F. The monoisotopic (exact) mass is 441 g/mol. The van der Waals surface area contributed by atoms with Gasteiger partial charge in [-0.3, -0.25) is 0 Å². The van der Waals surface area contributed by atoms with Crippen molar-refractivity contribution in [1.29, 1.82) is 0 Å². The van der Waals surface area contributed by atoms with Crippen LogP contribution < -0.4 is 10.6 Å². The van der Waals surface area contributed by atoms with Gasteiger partial charge in [-0.25, -0.2) is 4.52 Å². The molecule has 30 heavy (non-hydrogen) atoms. The molecule has 0 amide bonds. The van der Waals surface area contributed by atoms with Gasteiger partial charge in [0.15, 0.2) is 0 Å². The summed E-state index contributed by atoms with van der Waals surface area (Å²) in [5.74, 6) is 6.25. The van der Waals surface area contributed by atoms with Crippen molar-refractivity contribution in [3.05, 3.63) is 23.9 Å². The number of likely N-dealkylation sites (tertiary alicyclic amines) is 1. The van der Waals surface area contributed by atoms with Gasteiger partial charge < -0.3 is 20.3 Å². The predicted octanol–water partition coefficient (Wildman–Crippen LogP) is 3.04. The summed E-state index contributed by atoms with van der Waals surface area (Å²) in [6.45, 7) is 3.89. The molecule has 6 nitrogen and oxygen atoms in total. The van der Waals surface area contributed by atoms with Crippen LogP contribution >= 0.6 is 11.8 Å². The Morgan fingerprint density at radius 2 is 2.07 bits per heavy atom. The Kier molecular flexibility index (Phi) is 7.88. The minimum absolute atomic E-state index is 0.0316. The van der Waals surface area contributed by atoms with Crippen molar-refractivity contribution in [2.24, 2.45) is 0 Å². The fraction of sp³-hybridized carbons (Fsp3) is 0.550. The predicted molar refractivity (Wildman–Crippen MR) is 113 cm³/mol. The average Bonchev–Trinajstić information content (AvgIpc) is 3.05. The first-order chi connectivity index (χ1) is 14.4. The quantitative estimate of drug-likeness (QED) is 0.509. The van der Waals surface area contributed by atoms with Crippen LogP contribution in [0.4, 0.5) is 19.0 Å². The molecule has 0 radical (unpaired) electrons. The summed E-state index contributed by atoms with van der Waals surface area (Å²) < 4.78 is 46.1. The second-order valence-corrected chi connectivity index (χ2v) is 8.09. The first kappa shape index (κ1) is 22.7. The first-order valence-electron chi connectivity index (χ1n) is 9.80. The highest BCUT2D eigenvalue weighted by molar-refractivity contribution is 8.00. The van der Waals surface area contributed by atoms with Crippen LogP contribution in [0.2, 0.25) is 0 Å². The molecule has 10 heteroatoms. The van der Waals surface area contributed by atoms with Crippen LogP contribution in [-0.2, 0) is 4.74 Å². The van der Waals surface area contributed by atoms with Crippen LogP contribution in [0.25, 0.3) is 5.52 Å². The Morgan fingerprint density at radius 3 is 2.73 bits per heavy atom. The maximum absolute atomic E-state index is 13.1. The molecular formula is C20H26F3N5OS. The Morgan fingerprint density at radius 1 is 1.30 bits per heavy atom. The number of pyridine rings is 1. The van der Waals surface area contributed by atoms with Crippen molar-refractivity contribution in [2.45, 2.75) is 29.3 Å². The van der Waals surface area contributed by atoms with Crippen molar-refractivity contribution in [1.82, 2.24) is 19.8 Å². The fourth-order valence-electron chi connectivity index (χ4n) is 3.40. The summed E-state index contributed by atoms with van der Waals surface area (Å²) in [6.07, 6.45) is 1.89. The Bertz CT molecular complexity index is 897. The first-order valence-corrected chi connectivity index (χ1v) is 10.6. The summed E-state index contributed by atoms with van der Waals surface area (Å²) in [5.41, 5.74) is -3.88. The molecule has 2 aromatic heterocycles. The molecule has 0 spiro atoms. The topological polar surface area (TPSA) is 53.8 Å². The third kappa shape index (κ3) is 6.04. The number of nitrogens with one attached hydrogen (secondary N) is 2. The standard InChI is InChI=1S/C20H26F3N5OS/c1-24-10-4-5-16-19(30-20(21,22)23)17-6-3-7-18(28(17)26-16)25-15-8-11-27(12-9-15)13-14-29-2/h3,6-7,15,24-25H,8-14H2,1-2H3. The summed E-state index contributed by atoms with van der Waals surface area (Å²) >= 11 is -0.168. The van der Waals surface area contributed by atoms with E-state index in [1.165, 1.54) is 4.52 Å². The van der Waals surface area contributed by atoms with E-state index >= 15 is 0 Å². The molecule has 0 atom stereocenters. The molecule has 1 aliphatic rings. The third-order valence-corrected chi connectivity index (χ3v) is 5.69. The molecule has 1 fully saturated rings. The molecular weight excluding hydrogens is 415 g/mol. The van der Waals surface area contributed by atoms with Gasteiger partial charge in [-0.15, -0.1) is 0 Å². The molecule has 1 saturated heterocycles. The lowest BCUT2D eigenvalue weighted by Gasteiger charge is -2.32. The largest absolute Gasteiger partial charge is 0.446 e. The van der Waals surface area contributed by atoms with Crippen LogP contribution in [0.5, 0.6) is 0 Å². The molecule has 3 rings (SSSR count). The van der Waals surface area contributed by atoms with E-state index in [0.29, 0.717) is 24.5 Å². The van der Waals surface area contributed by atoms with E-state index in [0.717, 1.165) is 32.5 Å². The highest BCUT2D eigenvalue weighted by atomic mass is 32.2. The maximum atomic E-state index is 13.1. The van der Waals surface area contributed by atoms with Gasteiger partial charge in [-0.2, -0.15) is 18.3 Å². The van der Waals surface area contributed by atoms with E-state index in [1.807, 2.05) is 6.07 Å². The number of thioether (sulfide) groups is 1. The molecule has 0 unspecified atom stereocenters. The van der Waals surface area contributed by atoms with Crippen molar-refractivity contribution in [3.8, 4) is 11.8 Å². The van der Waals surface area contributed by atoms with E-state index in [4.69, 9.17) is 4.74 Å². The number of fused-ring (bicyclic) bond motifs is 1. The van der Waals surface area contributed by atoms with E-state index < -0.39 is 5.51 Å². The Labute approximate surface area is 178 Å². The second-order valence-electron chi connectivity index (χ2n) is 7.02. The molecule has 2 N–H and O–H groups in total. The summed E-state index contributed by atoms with van der Waals surface area (Å²) in [4.78, 5) is 2.38. The smallest absolute Gasteiger partial charge is 0.383 e. The molecule has 1 aliphatic heterocycles. The van der Waals surface area contributed by atoms with Crippen molar-refractivity contribution in [2.75, 3.05) is 52.3 Å². The highest BCUT2D eigenvalue weighted by Crippen LogP contribution is 2.41. The zero-order chi connectivity index (χ0) is 21.6. The van der Waals surface area contributed by atoms with Gasteiger partial charge in [-0.05, 0) is 49.7 Å². The lowest BCUT2D eigenvalue weighted by atomic mass is 10.1. The minimum Gasteiger partial charge on any atom is -0.383 e. The number of aromatic nitrogens is 2. The van der Waals surface area contributed by atoms with E-state index in [2.05, 4.69) is 32.5 Å². The van der Waals surface area contributed by atoms with Gasteiger partial charge >= 0.3 is 5.51 Å². The number of piperidine rings is 1. The van der Waals surface area contributed by atoms with Crippen molar-refractivity contribution < 1.29 is 17.9 Å². The summed E-state index contributed by atoms with van der Waals surface area (Å²) in [6, 6.07) is 5.46. The Balaban J connectivity index is 1.83. The number of methoxy groups -OCH3 is 1. The highest BCUT2D eigenvalue weighted by Gasteiger charge is 2.33. The summed E-state index contributed by atoms with van der Waals surface area (Å²) in [5, 5.41) is 10.7. The number of halogens is 3. The number of hydrogen-bond donors (Lipinski definition) is 2. The van der Waals surface area contributed by atoms with Crippen molar-refractivity contribution >= 4 is 23.1 Å². The zero-order valence-electron chi connectivity index (χ0n) is 17.1. The number of hydrogen-bond acceptors (Lipinski definition) is 6.